The summed E-state index contributed by atoms with van der Waals surface area (Å²) in [6.45, 7) is 4.54. The third-order valence-corrected chi connectivity index (χ3v) is 3.57. The molecule has 1 aliphatic rings. The van der Waals surface area contributed by atoms with E-state index >= 15 is 0 Å². The lowest BCUT2D eigenvalue weighted by atomic mass is 10.1. The minimum atomic E-state index is 0.357. The van der Waals surface area contributed by atoms with E-state index in [-0.39, 0.29) is 0 Å². The number of hydrogen-bond donors (Lipinski definition) is 1. The lowest BCUT2D eigenvalue weighted by Gasteiger charge is -2.24. The number of hydrogen-bond acceptors (Lipinski definition) is 4. The van der Waals surface area contributed by atoms with E-state index < -0.39 is 0 Å². The predicted octanol–water partition coefficient (Wildman–Crippen LogP) is 0.845. The first-order valence-electron chi connectivity index (χ1n) is 6.68. The van der Waals surface area contributed by atoms with Gasteiger partial charge in [-0.15, -0.1) is 0 Å². The van der Waals surface area contributed by atoms with Crippen LogP contribution >= 0.6 is 0 Å². The molecule has 2 heterocycles. The van der Waals surface area contributed by atoms with Gasteiger partial charge >= 0.3 is 0 Å². The van der Waals surface area contributed by atoms with Crippen molar-refractivity contribution in [3.63, 3.8) is 0 Å². The molecule has 0 saturated carbocycles. The minimum Gasteiger partial charge on any atom is -0.376 e. The average Bonchev–Trinajstić information content (AvgIpc) is 2.89. The Balaban J connectivity index is 2.14. The van der Waals surface area contributed by atoms with E-state index in [2.05, 4.69) is 24.0 Å². The molecule has 102 valence electrons. The highest BCUT2D eigenvalue weighted by atomic mass is 16.5. The standard InChI is InChI=1S/C13H24N4O/c1-10-12(6-7-14)13(17(3)15-10)16(2)9-11-5-4-8-18-11/h11H,4-9,14H2,1-3H3. The molecule has 2 N–H and O–H groups in total. The Morgan fingerprint density at radius 3 is 2.94 bits per heavy atom. The molecule has 1 aliphatic heterocycles. The lowest BCUT2D eigenvalue weighted by molar-refractivity contribution is 0.116. The van der Waals surface area contributed by atoms with Crippen molar-refractivity contribution >= 4 is 5.82 Å². The Morgan fingerprint density at radius 1 is 1.56 bits per heavy atom. The third-order valence-electron chi connectivity index (χ3n) is 3.57. The summed E-state index contributed by atoms with van der Waals surface area (Å²) in [5, 5.41) is 4.50. The molecule has 1 fully saturated rings. The van der Waals surface area contributed by atoms with Crippen LogP contribution in [0.5, 0.6) is 0 Å². The number of rotatable bonds is 5. The molecule has 0 aliphatic carbocycles. The van der Waals surface area contributed by atoms with Gasteiger partial charge in [-0.25, -0.2) is 0 Å². The second-order valence-electron chi connectivity index (χ2n) is 5.07. The van der Waals surface area contributed by atoms with Gasteiger partial charge in [-0.2, -0.15) is 5.10 Å². The fourth-order valence-electron chi connectivity index (χ4n) is 2.78. The second kappa shape index (κ2) is 5.71. The van der Waals surface area contributed by atoms with Crippen LogP contribution in [0, 0.1) is 6.92 Å². The summed E-state index contributed by atoms with van der Waals surface area (Å²) in [4.78, 5) is 2.25. The van der Waals surface area contributed by atoms with E-state index in [1.165, 1.54) is 17.8 Å². The highest BCUT2D eigenvalue weighted by Gasteiger charge is 2.21. The van der Waals surface area contributed by atoms with Crippen LogP contribution in [-0.4, -0.2) is 42.6 Å². The zero-order chi connectivity index (χ0) is 13.1. The number of ether oxygens (including phenoxy) is 1. The van der Waals surface area contributed by atoms with Crippen molar-refractivity contribution in [1.82, 2.24) is 9.78 Å². The van der Waals surface area contributed by atoms with Gasteiger partial charge < -0.3 is 15.4 Å². The molecule has 1 atom stereocenters. The molecular formula is C13H24N4O. The van der Waals surface area contributed by atoms with E-state index in [0.717, 1.165) is 31.7 Å². The second-order valence-corrected chi connectivity index (χ2v) is 5.07. The monoisotopic (exact) mass is 252 g/mol. The molecule has 5 heteroatoms. The number of nitrogens with two attached hydrogens (primary N) is 1. The summed E-state index contributed by atoms with van der Waals surface area (Å²) in [5.74, 6) is 1.17. The molecule has 1 aromatic rings. The zero-order valence-electron chi connectivity index (χ0n) is 11.6. The van der Waals surface area contributed by atoms with Crippen LogP contribution in [0.1, 0.15) is 24.1 Å². The first-order chi connectivity index (χ1) is 8.63. The van der Waals surface area contributed by atoms with Gasteiger partial charge in [0.15, 0.2) is 0 Å². The van der Waals surface area contributed by atoms with Gasteiger partial charge in [0.1, 0.15) is 5.82 Å². The van der Waals surface area contributed by atoms with E-state index in [9.17, 15) is 0 Å². The van der Waals surface area contributed by atoms with Crippen LogP contribution < -0.4 is 10.6 Å². The van der Waals surface area contributed by atoms with E-state index in [4.69, 9.17) is 10.5 Å². The first-order valence-corrected chi connectivity index (χ1v) is 6.68. The largest absolute Gasteiger partial charge is 0.376 e. The molecule has 2 rings (SSSR count). The molecule has 0 amide bonds. The van der Waals surface area contributed by atoms with Crippen molar-refractivity contribution < 1.29 is 4.74 Å². The summed E-state index contributed by atoms with van der Waals surface area (Å²) < 4.78 is 7.65. The molecule has 0 spiro atoms. The van der Waals surface area contributed by atoms with E-state index in [1.807, 2.05) is 11.7 Å². The van der Waals surface area contributed by atoms with Crippen molar-refractivity contribution in [2.24, 2.45) is 12.8 Å². The summed E-state index contributed by atoms with van der Waals surface area (Å²) >= 11 is 0. The van der Waals surface area contributed by atoms with Gasteiger partial charge in [0.05, 0.1) is 11.8 Å². The topological polar surface area (TPSA) is 56.3 Å². The van der Waals surface area contributed by atoms with Crippen molar-refractivity contribution in [3.8, 4) is 0 Å². The number of anilines is 1. The molecule has 0 bridgehead atoms. The number of likely N-dealkylation sites (N-methyl/N-ethyl adjacent to an activating group) is 1. The van der Waals surface area contributed by atoms with Gasteiger partial charge in [0, 0.05) is 32.8 Å². The number of nitrogens with zero attached hydrogens (tertiary/aromatic N) is 3. The van der Waals surface area contributed by atoms with E-state index in [0.29, 0.717) is 12.6 Å². The zero-order valence-corrected chi connectivity index (χ0v) is 11.6. The molecular weight excluding hydrogens is 228 g/mol. The molecule has 18 heavy (non-hydrogen) atoms. The molecule has 1 saturated heterocycles. The third kappa shape index (κ3) is 2.67. The van der Waals surface area contributed by atoms with Crippen molar-refractivity contribution in [2.45, 2.75) is 32.3 Å². The maximum atomic E-state index is 5.70. The quantitative estimate of drug-likeness (QED) is 0.844. The van der Waals surface area contributed by atoms with Crippen molar-refractivity contribution in [2.75, 3.05) is 31.6 Å². The van der Waals surface area contributed by atoms with Gasteiger partial charge in [0.2, 0.25) is 0 Å². The Labute approximate surface area is 109 Å². The predicted molar refractivity (Wildman–Crippen MR) is 72.9 cm³/mol. The van der Waals surface area contributed by atoms with Gasteiger partial charge in [-0.1, -0.05) is 0 Å². The highest BCUT2D eigenvalue weighted by Crippen LogP contribution is 2.24. The lowest BCUT2D eigenvalue weighted by Crippen LogP contribution is -2.30. The summed E-state index contributed by atoms with van der Waals surface area (Å²) in [6.07, 6.45) is 3.58. The Hall–Kier alpha value is -1.07. The van der Waals surface area contributed by atoms with E-state index in [1.54, 1.807) is 0 Å². The first kappa shape index (κ1) is 13.4. The summed E-state index contributed by atoms with van der Waals surface area (Å²) in [7, 11) is 4.10. The molecule has 5 nitrogen and oxygen atoms in total. The van der Waals surface area contributed by atoms with Crippen LogP contribution in [-0.2, 0) is 18.2 Å². The molecule has 0 aromatic carbocycles. The van der Waals surface area contributed by atoms with Gasteiger partial charge in [0.25, 0.3) is 0 Å². The smallest absolute Gasteiger partial charge is 0.129 e. The van der Waals surface area contributed by atoms with Crippen LogP contribution in [0.25, 0.3) is 0 Å². The number of aromatic nitrogens is 2. The number of aryl methyl sites for hydroxylation is 2. The Kier molecular flexibility index (Phi) is 4.24. The highest BCUT2D eigenvalue weighted by molar-refractivity contribution is 5.49. The van der Waals surface area contributed by atoms with Gasteiger partial charge in [-0.05, 0) is 32.7 Å². The molecule has 0 radical (unpaired) electrons. The fraction of sp³-hybridized carbons (Fsp3) is 0.769. The summed E-state index contributed by atoms with van der Waals surface area (Å²) in [5.41, 5.74) is 8.04. The van der Waals surface area contributed by atoms with Crippen molar-refractivity contribution in [3.05, 3.63) is 11.3 Å². The van der Waals surface area contributed by atoms with Crippen LogP contribution in [0.4, 0.5) is 5.82 Å². The Bertz CT molecular complexity index is 396. The van der Waals surface area contributed by atoms with Gasteiger partial charge in [-0.3, -0.25) is 4.68 Å². The van der Waals surface area contributed by atoms with Crippen LogP contribution in [0.2, 0.25) is 0 Å². The minimum absolute atomic E-state index is 0.357. The molecule has 1 aromatic heterocycles. The average molecular weight is 252 g/mol. The van der Waals surface area contributed by atoms with Crippen LogP contribution in [0.3, 0.4) is 0 Å². The van der Waals surface area contributed by atoms with Crippen molar-refractivity contribution in [1.29, 1.82) is 0 Å². The van der Waals surface area contributed by atoms with Crippen LogP contribution in [0.15, 0.2) is 0 Å². The maximum Gasteiger partial charge on any atom is 0.129 e. The fourth-order valence-corrected chi connectivity index (χ4v) is 2.78. The SMILES string of the molecule is Cc1nn(C)c(N(C)CC2CCCO2)c1CCN. The normalized spacial score (nSPS) is 19.4. The maximum absolute atomic E-state index is 5.70. The summed E-state index contributed by atoms with van der Waals surface area (Å²) in [6, 6.07) is 0. The molecule has 1 unspecified atom stereocenters. The Morgan fingerprint density at radius 2 is 2.33 bits per heavy atom.